The minimum absolute atomic E-state index is 0.0806. The Morgan fingerprint density at radius 1 is 1.19 bits per heavy atom. The second-order valence-corrected chi connectivity index (χ2v) is 6.51. The van der Waals surface area contributed by atoms with Crippen molar-refractivity contribution in [3.63, 3.8) is 0 Å². The van der Waals surface area contributed by atoms with E-state index in [4.69, 9.17) is 5.73 Å². The Labute approximate surface area is 123 Å². The fraction of sp³-hybridized carbons (Fsp3) is 0.438. The summed E-state index contributed by atoms with van der Waals surface area (Å²) in [7, 11) is 0. The average molecular weight is 293 g/mol. The van der Waals surface area contributed by atoms with E-state index < -0.39 is 11.6 Å². The molecule has 1 aromatic heterocycles. The predicted molar refractivity (Wildman–Crippen MR) is 81.1 cm³/mol. The van der Waals surface area contributed by atoms with Crippen LogP contribution in [-0.4, -0.2) is 9.55 Å². The molecule has 0 aliphatic carbocycles. The molecule has 0 aliphatic heterocycles. The molecule has 0 saturated carbocycles. The van der Waals surface area contributed by atoms with E-state index in [1.807, 2.05) is 39.2 Å². The molecule has 5 heteroatoms. The number of anilines is 1. The first-order chi connectivity index (χ1) is 9.62. The smallest absolute Gasteiger partial charge is 0.132 e. The highest BCUT2D eigenvalue weighted by atomic mass is 19.1. The molecule has 0 spiro atoms. The molecule has 2 aromatic rings. The van der Waals surface area contributed by atoms with E-state index in [1.54, 1.807) is 0 Å². The zero-order valence-electron chi connectivity index (χ0n) is 13.0. The van der Waals surface area contributed by atoms with Crippen molar-refractivity contribution in [1.29, 1.82) is 0 Å². The summed E-state index contributed by atoms with van der Waals surface area (Å²) in [6.45, 7) is 10.0. The molecule has 0 atom stereocenters. The molecule has 0 amide bonds. The number of imidazole rings is 1. The number of nitrogens with zero attached hydrogens (tertiary/aromatic N) is 2. The first-order valence-corrected chi connectivity index (χ1v) is 6.96. The maximum absolute atomic E-state index is 14.0. The van der Waals surface area contributed by atoms with Gasteiger partial charge in [-0.25, -0.2) is 13.8 Å². The van der Waals surface area contributed by atoms with E-state index in [-0.39, 0.29) is 17.0 Å². The Morgan fingerprint density at radius 3 is 2.29 bits per heavy atom. The van der Waals surface area contributed by atoms with E-state index >= 15 is 0 Å². The van der Waals surface area contributed by atoms with Crippen molar-refractivity contribution in [3.05, 3.63) is 35.7 Å². The van der Waals surface area contributed by atoms with Crippen molar-refractivity contribution in [2.24, 2.45) is 0 Å². The van der Waals surface area contributed by atoms with Gasteiger partial charge in [-0.05, 0) is 32.0 Å². The molecule has 0 fully saturated rings. The van der Waals surface area contributed by atoms with Crippen LogP contribution in [0.2, 0.25) is 0 Å². The van der Waals surface area contributed by atoms with Gasteiger partial charge in [0.1, 0.15) is 29.0 Å². The van der Waals surface area contributed by atoms with Crippen molar-refractivity contribution in [3.8, 4) is 11.3 Å². The largest absolute Gasteiger partial charge is 0.383 e. The molecule has 0 bridgehead atoms. The van der Waals surface area contributed by atoms with Crippen LogP contribution in [0.4, 0.5) is 14.6 Å². The summed E-state index contributed by atoms with van der Waals surface area (Å²) >= 11 is 0. The van der Waals surface area contributed by atoms with E-state index in [1.165, 1.54) is 0 Å². The highest BCUT2D eigenvalue weighted by Gasteiger charge is 2.27. The number of hydrogen-bond acceptors (Lipinski definition) is 2. The molecule has 21 heavy (non-hydrogen) atoms. The van der Waals surface area contributed by atoms with Crippen LogP contribution in [0, 0.1) is 11.6 Å². The number of aromatic nitrogens is 2. The molecule has 0 saturated heterocycles. The summed E-state index contributed by atoms with van der Waals surface area (Å²) in [5.41, 5.74) is 6.31. The minimum atomic E-state index is -0.531. The first-order valence-electron chi connectivity index (χ1n) is 6.96. The van der Waals surface area contributed by atoms with E-state index in [0.717, 1.165) is 24.0 Å². The third-order valence-corrected chi connectivity index (χ3v) is 3.32. The summed E-state index contributed by atoms with van der Waals surface area (Å²) in [5, 5.41) is 0. The summed E-state index contributed by atoms with van der Waals surface area (Å²) in [4.78, 5) is 4.51. The first kappa shape index (κ1) is 15.5. The predicted octanol–water partition coefficient (Wildman–Crippen LogP) is 4.29. The highest BCUT2D eigenvalue weighted by molar-refractivity contribution is 5.72. The van der Waals surface area contributed by atoms with Gasteiger partial charge in [-0.15, -0.1) is 0 Å². The molecule has 0 radical (unpaired) electrons. The van der Waals surface area contributed by atoms with Gasteiger partial charge in [0.25, 0.3) is 0 Å². The second-order valence-electron chi connectivity index (χ2n) is 6.51. The molecule has 2 rings (SSSR count). The molecule has 2 N–H and O–H groups in total. The van der Waals surface area contributed by atoms with Gasteiger partial charge in [0.15, 0.2) is 0 Å². The minimum Gasteiger partial charge on any atom is -0.383 e. The fourth-order valence-corrected chi connectivity index (χ4v) is 2.37. The van der Waals surface area contributed by atoms with Crippen LogP contribution in [0.5, 0.6) is 0 Å². The summed E-state index contributed by atoms with van der Waals surface area (Å²) in [6, 6.07) is 3.39. The SMILES string of the molecule is CC(C)n1c(C(C)(C)C)nc(-c2cc(F)ccc2F)c1N. The van der Waals surface area contributed by atoms with Gasteiger partial charge < -0.3 is 10.3 Å². The molecule has 114 valence electrons. The van der Waals surface area contributed by atoms with Crippen molar-refractivity contribution in [2.75, 3.05) is 5.73 Å². The van der Waals surface area contributed by atoms with Crippen LogP contribution >= 0.6 is 0 Å². The quantitative estimate of drug-likeness (QED) is 0.897. The molecule has 0 aliphatic rings. The topological polar surface area (TPSA) is 43.8 Å². The maximum atomic E-state index is 14.0. The van der Waals surface area contributed by atoms with Crippen molar-refractivity contribution >= 4 is 5.82 Å². The van der Waals surface area contributed by atoms with Gasteiger partial charge in [0.05, 0.1) is 0 Å². The average Bonchev–Trinajstić information content (AvgIpc) is 2.70. The molecular weight excluding hydrogens is 272 g/mol. The van der Waals surface area contributed by atoms with Gasteiger partial charge in [0, 0.05) is 17.0 Å². The van der Waals surface area contributed by atoms with Crippen LogP contribution in [-0.2, 0) is 5.41 Å². The lowest BCUT2D eigenvalue weighted by molar-refractivity contribution is 0.473. The number of hydrogen-bond donors (Lipinski definition) is 1. The number of benzene rings is 1. The normalized spacial score (nSPS) is 12.2. The van der Waals surface area contributed by atoms with Crippen LogP contribution < -0.4 is 5.73 Å². The Morgan fingerprint density at radius 2 is 1.81 bits per heavy atom. The van der Waals surface area contributed by atoms with E-state index in [0.29, 0.717) is 11.5 Å². The Balaban J connectivity index is 2.74. The zero-order chi connectivity index (χ0) is 15.9. The Hall–Kier alpha value is -1.91. The Bertz CT molecular complexity index is 667. The van der Waals surface area contributed by atoms with Crippen LogP contribution in [0.25, 0.3) is 11.3 Å². The molecule has 3 nitrogen and oxygen atoms in total. The van der Waals surface area contributed by atoms with Gasteiger partial charge in [-0.2, -0.15) is 0 Å². The van der Waals surface area contributed by atoms with Gasteiger partial charge in [-0.1, -0.05) is 20.8 Å². The monoisotopic (exact) mass is 293 g/mol. The van der Waals surface area contributed by atoms with Crippen LogP contribution in [0.1, 0.15) is 46.5 Å². The van der Waals surface area contributed by atoms with E-state index in [9.17, 15) is 8.78 Å². The van der Waals surface area contributed by atoms with Crippen molar-refractivity contribution in [1.82, 2.24) is 9.55 Å². The second kappa shape index (κ2) is 5.13. The molecule has 0 unspecified atom stereocenters. The lowest BCUT2D eigenvalue weighted by Crippen LogP contribution is -2.21. The lowest BCUT2D eigenvalue weighted by atomic mass is 9.95. The third kappa shape index (κ3) is 2.77. The highest BCUT2D eigenvalue weighted by Crippen LogP contribution is 2.35. The van der Waals surface area contributed by atoms with Gasteiger partial charge in [-0.3, -0.25) is 0 Å². The summed E-state index contributed by atoms with van der Waals surface area (Å²) < 4.78 is 29.3. The van der Waals surface area contributed by atoms with Crippen LogP contribution in [0.15, 0.2) is 18.2 Å². The van der Waals surface area contributed by atoms with E-state index in [2.05, 4.69) is 4.98 Å². The zero-order valence-corrected chi connectivity index (χ0v) is 13.0. The summed E-state index contributed by atoms with van der Waals surface area (Å²) in [6.07, 6.45) is 0. The third-order valence-electron chi connectivity index (χ3n) is 3.32. The lowest BCUT2D eigenvalue weighted by Gasteiger charge is -2.22. The molecule has 1 heterocycles. The fourth-order valence-electron chi connectivity index (χ4n) is 2.37. The number of nitrogen functional groups attached to an aromatic ring is 1. The molecular formula is C16H21F2N3. The van der Waals surface area contributed by atoms with Gasteiger partial charge in [0.2, 0.25) is 0 Å². The summed E-state index contributed by atoms with van der Waals surface area (Å²) in [5.74, 6) is 0.0762. The number of halogens is 2. The Kier molecular flexibility index (Phi) is 3.78. The molecule has 1 aromatic carbocycles. The van der Waals surface area contributed by atoms with Crippen LogP contribution in [0.3, 0.4) is 0 Å². The maximum Gasteiger partial charge on any atom is 0.132 e. The van der Waals surface area contributed by atoms with Crippen molar-refractivity contribution in [2.45, 2.75) is 46.1 Å². The van der Waals surface area contributed by atoms with Crippen molar-refractivity contribution < 1.29 is 8.78 Å². The standard InChI is InChI=1S/C16H21F2N3/c1-9(2)21-14(19)13(20-15(21)16(3,4)5)11-8-10(17)6-7-12(11)18/h6-9H,19H2,1-5H3. The number of nitrogens with two attached hydrogens (primary N) is 1. The number of rotatable bonds is 2. The van der Waals surface area contributed by atoms with Gasteiger partial charge >= 0.3 is 0 Å².